The van der Waals surface area contributed by atoms with Crippen LogP contribution < -0.4 is 5.32 Å². The summed E-state index contributed by atoms with van der Waals surface area (Å²) in [7, 11) is -1.05. The van der Waals surface area contributed by atoms with Gasteiger partial charge in [0.25, 0.3) is 5.91 Å². The number of amides is 1. The van der Waals surface area contributed by atoms with Crippen molar-refractivity contribution in [1.29, 1.82) is 0 Å². The van der Waals surface area contributed by atoms with E-state index >= 15 is 0 Å². The molecule has 0 atom stereocenters. The van der Waals surface area contributed by atoms with Gasteiger partial charge in [0.05, 0.1) is 15.6 Å². The molecular formula is C17H16Cl2N2O5S. The third kappa shape index (κ3) is 5.20. The second kappa shape index (κ2) is 8.71. The Morgan fingerprint density at radius 2 is 1.74 bits per heavy atom. The minimum absolute atomic E-state index is 0.0202. The van der Waals surface area contributed by atoms with Crippen molar-refractivity contribution >= 4 is 50.8 Å². The van der Waals surface area contributed by atoms with Crippen LogP contribution in [0.1, 0.15) is 10.4 Å². The van der Waals surface area contributed by atoms with E-state index < -0.39 is 28.5 Å². The summed E-state index contributed by atoms with van der Waals surface area (Å²) in [6, 6.07) is 10.3. The van der Waals surface area contributed by atoms with Gasteiger partial charge in [-0.2, -0.15) is 0 Å². The van der Waals surface area contributed by atoms with Crippen LogP contribution in [0.25, 0.3) is 0 Å². The Balaban J connectivity index is 2.06. The number of hydrogen-bond donors (Lipinski definition) is 1. The third-order valence-electron chi connectivity index (χ3n) is 3.40. The highest BCUT2D eigenvalue weighted by Gasteiger charge is 2.21. The standard InChI is InChI=1S/C17H16Cl2N2O5S/c1-21(2)27(24,25)15-9-11(7-8-14(15)19)20-16(22)10-26-17(23)12-5-3-4-6-13(12)18/h3-9H,10H2,1-2H3,(H,20,22). The summed E-state index contributed by atoms with van der Waals surface area (Å²) in [6.07, 6.45) is 0. The van der Waals surface area contributed by atoms with E-state index in [-0.39, 0.29) is 26.2 Å². The quantitative estimate of drug-likeness (QED) is 0.710. The lowest BCUT2D eigenvalue weighted by Crippen LogP contribution is -2.23. The average molecular weight is 431 g/mol. The number of esters is 1. The number of carbonyl (C=O) groups excluding carboxylic acids is 2. The number of carbonyl (C=O) groups is 2. The molecule has 2 aromatic carbocycles. The van der Waals surface area contributed by atoms with E-state index in [0.717, 1.165) is 4.31 Å². The second-order valence-electron chi connectivity index (χ2n) is 5.54. The largest absolute Gasteiger partial charge is 0.452 e. The molecule has 7 nitrogen and oxygen atoms in total. The molecule has 0 aliphatic rings. The molecule has 27 heavy (non-hydrogen) atoms. The molecule has 0 aromatic heterocycles. The maximum absolute atomic E-state index is 12.2. The Morgan fingerprint density at radius 1 is 1.07 bits per heavy atom. The van der Waals surface area contributed by atoms with Gasteiger partial charge in [-0.15, -0.1) is 0 Å². The van der Waals surface area contributed by atoms with Crippen LogP contribution in [-0.2, 0) is 19.6 Å². The van der Waals surface area contributed by atoms with Gasteiger partial charge in [0.15, 0.2) is 6.61 Å². The normalized spacial score (nSPS) is 11.3. The van der Waals surface area contributed by atoms with Gasteiger partial charge in [0, 0.05) is 19.8 Å². The first-order valence-corrected chi connectivity index (χ1v) is 9.76. The summed E-state index contributed by atoms with van der Waals surface area (Å²) in [4.78, 5) is 23.8. The van der Waals surface area contributed by atoms with Crippen molar-refractivity contribution in [3.8, 4) is 0 Å². The van der Waals surface area contributed by atoms with Gasteiger partial charge in [0.1, 0.15) is 4.90 Å². The summed E-state index contributed by atoms with van der Waals surface area (Å²) in [5.74, 6) is -1.39. The van der Waals surface area contributed by atoms with Gasteiger partial charge in [0.2, 0.25) is 10.0 Å². The molecule has 0 bridgehead atoms. The second-order valence-corrected chi connectivity index (χ2v) is 8.47. The number of hydrogen-bond acceptors (Lipinski definition) is 5. The highest BCUT2D eigenvalue weighted by Crippen LogP contribution is 2.26. The first-order valence-electron chi connectivity index (χ1n) is 7.56. The maximum Gasteiger partial charge on any atom is 0.340 e. The summed E-state index contributed by atoms with van der Waals surface area (Å²) < 4.78 is 30.4. The number of rotatable bonds is 6. The van der Waals surface area contributed by atoms with E-state index in [1.807, 2.05) is 0 Å². The lowest BCUT2D eigenvalue weighted by molar-refractivity contribution is -0.119. The molecule has 2 rings (SSSR count). The summed E-state index contributed by atoms with van der Waals surface area (Å²) >= 11 is 11.8. The Labute approximate surface area is 166 Å². The molecule has 0 aliphatic carbocycles. The van der Waals surface area contributed by atoms with Crippen LogP contribution in [0.2, 0.25) is 10.0 Å². The summed E-state index contributed by atoms with van der Waals surface area (Å²) in [5.41, 5.74) is 0.330. The zero-order valence-electron chi connectivity index (χ0n) is 14.4. The van der Waals surface area contributed by atoms with Gasteiger partial charge in [-0.05, 0) is 30.3 Å². The first-order chi connectivity index (χ1) is 12.6. The zero-order chi connectivity index (χ0) is 20.2. The third-order valence-corrected chi connectivity index (χ3v) is 6.03. The van der Waals surface area contributed by atoms with E-state index in [1.165, 1.54) is 44.4 Å². The summed E-state index contributed by atoms with van der Waals surface area (Å²) in [6.45, 7) is -0.567. The molecular weight excluding hydrogens is 415 g/mol. The molecule has 0 saturated heterocycles. The number of sulfonamides is 1. The minimum Gasteiger partial charge on any atom is -0.452 e. The van der Waals surface area contributed by atoms with Gasteiger partial charge in [-0.3, -0.25) is 4.79 Å². The van der Waals surface area contributed by atoms with Gasteiger partial charge < -0.3 is 10.1 Å². The lowest BCUT2D eigenvalue weighted by Gasteiger charge is -2.14. The Bertz CT molecular complexity index is 977. The number of anilines is 1. The number of nitrogens with one attached hydrogen (secondary N) is 1. The van der Waals surface area contributed by atoms with Crippen molar-refractivity contribution in [2.75, 3.05) is 26.0 Å². The predicted molar refractivity (Wildman–Crippen MR) is 103 cm³/mol. The first kappa shape index (κ1) is 21.2. The predicted octanol–water partition coefficient (Wildman–Crippen LogP) is 3.04. The molecule has 2 aromatic rings. The van der Waals surface area contributed by atoms with Crippen LogP contribution in [0, 0.1) is 0 Å². The van der Waals surface area contributed by atoms with Crippen LogP contribution >= 0.6 is 23.2 Å². The smallest absolute Gasteiger partial charge is 0.340 e. The molecule has 0 spiro atoms. The van der Waals surface area contributed by atoms with Crippen molar-refractivity contribution in [3.05, 3.63) is 58.1 Å². The number of nitrogens with zero attached hydrogens (tertiary/aromatic N) is 1. The molecule has 0 radical (unpaired) electrons. The monoisotopic (exact) mass is 430 g/mol. The van der Waals surface area contributed by atoms with Crippen LogP contribution in [0.5, 0.6) is 0 Å². The number of ether oxygens (including phenoxy) is 1. The van der Waals surface area contributed by atoms with E-state index in [1.54, 1.807) is 12.1 Å². The minimum atomic E-state index is -3.78. The van der Waals surface area contributed by atoms with Crippen LogP contribution in [0.3, 0.4) is 0 Å². The van der Waals surface area contributed by atoms with E-state index in [0.29, 0.717) is 0 Å². The van der Waals surface area contributed by atoms with Crippen molar-refractivity contribution < 1.29 is 22.7 Å². The van der Waals surface area contributed by atoms with Crippen molar-refractivity contribution in [1.82, 2.24) is 4.31 Å². The van der Waals surface area contributed by atoms with Gasteiger partial charge in [-0.25, -0.2) is 17.5 Å². The Morgan fingerprint density at radius 3 is 2.37 bits per heavy atom. The van der Waals surface area contributed by atoms with Gasteiger partial charge in [-0.1, -0.05) is 35.3 Å². The van der Waals surface area contributed by atoms with E-state index in [4.69, 9.17) is 27.9 Å². The molecule has 0 heterocycles. The SMILES string of the molecule is CN(C)S(=O)(=O)c1cc(NC(=O)COC(=O)c2ccccc2Cl)ccc1Cl. The molecule has 144 valence electrons. The fourth-order valence-corrected chi connectivity index (χ4v) is 3.61. The van der Waals surface area contributed by atoms with E-state index in [2.05, 4.69) is 5.32 Å². The molecule has 1 amide bonds. The lowest BCUT2D eigenvalue weighted by atomic mass is 10.2. The number of benzene rings is 2. The number of halogens is 2. The zero-order valence-corrected chi connectivity index (χ0v) is 16.7. The van der Waals surface area contributed by atoms with Crippen molar-refractivity contribution in [2.24, 2.45) is 0 Å². The van der Waals surface area contributed by atoms with E-state index in [9.17, 15) is 18.0 Å². The highest BCUT2D eigenvalue weighted by molar-refractivity contribution is 7.89. The fourth-order valence-electron chi connectivity index (χ4n) is 2.01. The maximum atomic E-state index is 12.2. The molecule has 0 saturated carbocycles. The molecule has 0 fully saturated rings. The van der Waals surface area contributed by atoms with Crippen molar-refractivity contribution in [3.63, 3.8) is 0 Å². The molecule has 0 aliphatic heterocycles. The van der Waals surface area contributed by atoms with Gasteiger partial charge >= 0.3 is 5.97 Å². The Kier molecular flexibility index (Phi) is 6.83. The van der Waals surface area contributed by atoms with Crippen LogP contribution in [-0.4, -0.2) is 45.3 Å². The summed E-state index contributed by atoms with van der Waals surface area (Å²) in [5, 5.41) is 2.68. The van der Waals surface area contributed by atoms with Crippen LogP contribution in [0.4, 0.5) is 5.69 Å². The molecule has 10 heteroatoms. The molecule has 1 N–H and O–H groups in total. The average Bonchev–Trinajstić information content (AvgIpc) is 2.61. The highest BCUT2D eigenvalue weighted by atomic mass is 35.5. The van der Waals surface area contributed by atoms with Crippen molar-refractivity contribution in [2.45, 2.75) is 4.90 Å². The fraction of sp³-hybridized carbons (Fsp3) is 0.176. The topological polar surface area (TPSA) is 92.8 Å². The van der Waals surface area contributed by atoms with Crippen LogP contribution in [0.15, 0.2) is 47.4 Å². The molecule has 0 unspecified atom stereocenters. The Hall–Kier alpha value is -2.13.